The van der Waals surface area contributed by atoms with Crippen LogP contribution >= 0.6 is 0 Å². The van der Waals surface area contributed by atoms with Gasteiger partial charge in [0.1, 0.15) is 17.9 Å². The first-order valence-electron chi connectivity index (χ1n) is 16.7. The molecule has 0 bridgehead atoms. The van der Waals surface area contributed by atoms with Gasteiger partial charge < -0.3 is 20.9 Å². The average Bonchev–Trinajstić information content (AvgIpc) is 3.39. The van der Waals surface area contributed by atoms with Crippen LogP contribution in [0.3, 0.4) is 0 Å². The molecule has 0 radical (unpaired) electrons. The van der Waals surface area contributed by atoms with Crippen LogP contribution in [-0.2, 0) is 34.9 Å². The Morgan fingerprint density at radius 2 is 1.66 bits per heavy atom. The molecule has 4 amide bonds. The predicted molar refractivity (Wildman–Crippen MR) is 179 cm³/mol. The fourth-order valence-corrected chi connectivity index (χ4v) is 7.51. The van der Waals surface area contributed by atoms with Crippen LogP contribution < -0.4 is 16.0 Å². The highest BCUT2D eigenvalue weighted by Crippen LogP contribution is 2.32. The van der Waals surface area contributed by atoms with Crippen molar-refractivity contribution in [1.82, 2.24) is 15.5 Å². The summed E-state index contributed by atoms with van der Waals surface area (Å²) >= 11 is 0. The van der Waals surface area contributed by atoms with E-state index in [4.69, 9.17) is 5.26 Å². The van der Waals surface area contributed by atoms with Crippen molar-refractivity contribution in [2.75, 3.05) is 29.9 Å². The van der Waals surface area contributed by atoms with Gasteiger partial charge in [-0.15, -0.1) is 0 Å². The molecular weight excluding hydrogens is 675 g/mol. The third-order valence-corrected chi connectivity index (χ3v) is 11.0. The maximum Gasteiger partial charge on any atom is 0.349 e. The molecule has 3 atom stereocenters. The third kappa shape index (κ3) is 9.41. The van der Waals surface area contributed by atoms with Gasteiger partial charge in [-0.25, -0.2) is 12.8 Å². The zero-order chi connectivity index (χ0) is 36.6. The quantitative estimate of drug-likeness (QED) is 0.294. The smallest absolute Gasteiger partial charge is 0.344 e. The molecule has 15 heteroatoms. The molecule has 1 saturated carbocycles. The fraction of sp³-hybridized carbons (Fsp3) is 0.514. The van der Waals surface area contributed by atoms with Gasteiger partial charge in [-0.3, -0.25) is 19.2 Å². The van der Waals surface area contributed by atoms with E-state index in [9.17, 15) is 27.6 Å². The SMILES string of the molecule is CCC(=O)N[C@@H](C(=O)N1CCS(=O)(=O)CC1)[C@@H](C)c1ccc(NC(=O)[C@@H](NC(=O)C(F)(F)c2cccc(C#N)c2)C2CCCCCC2)c(F)c1. The van der Waals surface area contributed by atoms with Crippen LogP contribution in [0.4, 0.5) is 18.9 Å². The second kappa shape index (κ2) is 16.5. The number of rotatable bonds is 11. The summed E-state index contributed by atoms with van der Waals surface area (Å²) in [7, 11) is -3.28. The number of hydrogen-bond donors (Lipinski definition) is 3. The summed E-state index contributed by atoms with van der Waals surface area (Å²) in [6.45, 7) is 3.13. The molecule has 2 aromatic carbocycles. The highest BCUT2D eigenvalue weighted by molar-refractivity contribution is 7.91. The predicted octanol–water partition coefficient (Wildman–Crippen LogP) is 4.14. The number of carbonyl (C=O) groups excluding carboxylic acids is 4. The number of nitrogens with zero attached hydrogens (tertiary/aromatic N) is 2. The number of nitrogens with one attached hydrogen (secondary N) is 3. The third-order valence-electron chi connectivity index (χ3n) is 9.42. The summed E-state index contributed by atoms with van der Waals surface area (Å²) in [5.41, 5.74) is -0.754. The summed E-state index contributed by atoms with van der Waals surface area (Å²) in [5.74, 6) is -10.2. The average molecular weight is 718 g/mol. The van der Waals surface area contributed by atoms with E-state index in [2.05, 4.69) is 16.0 Å². The van der Waals surface area contributed by atoms with Crippen molar-refractivity contribution >= 4 is 39.2 Å². The van der Waals surface area contributed by atoms with Crippen molar-refractivity contribution in [3.63, 3.8) is 0 Å². The molecule has 2 aliphatic rings. The van der Waals surface area contributed by atoms with Gasteiger partial charge in [0.15, 0.2) is 9.84 Å². The number of halogens is 3. The minimum absolute atomic E-state index is 0.0391. The van der Waals surface area contributed by atoms with E-state index in [0.717, 1.165) is 31.0 Å². The van der Waals surface area contributed by atoms with E-state index in [-0.39, 0.29) is 42.3 Å². The van der Waals surface area contributed by atoms with E-state index in [0.29, 0.717) is 31.2 Å². The number of sulfone groups is 1. The number of amides is 4. The maximum absolute atomic E-state index is 15.6. The van der Waals surface area contributed by atoms with E-state index in [1.54, 1.807) is 19.9 Å². The van der Waals surface area contributed by atoms with Gasteiger partial charge in [0.05, 0.1) is 28.8 Å². The Labute approximate surface area is 289 Å². The Balaban J connectivity index is 1.55. The molecule has 270 valence electrons. The van der Waals surface area contributed by atoms with Crippen LogP contribution in [0.5, 0.6) is 0 Å². The van der Waals surface area contributed by atoms with Crippen LogP contribution in [-0.4, -0.2) is 73.6 Å². The summed E-state index contributed by atoms with van der Waals surface area (Å²) in [6, 6.07) is 7.49. The maximum atomic E-state index is 15.6. The number of benzene rings is 2. The largest absolute Gasteiger partial charge is 0.349 e. The van der Waals surface area contributed by atoms with E-state index >= 15 is 13.2 Å². The minimum Gasteiger partial charge on any atom is -0.344 e. The molecule has 0 spiro atoms. The van der Waals surface area contributed by atoms with Crippen molar-refractivity contribution in [2.45, 2.75) is 82.7 Å². The highest BCUT2D eigenvalue weighted by atomic mass is 32.2. The molecule has 1 aliphatic carbocycles. The monoisotopic (exact) mass is 717 g/mol. The second-order valence-corrected chi connectivity index (χ2v) is 15.2. The summed E-state index contributed by atoms with van der Waals surface area (Å²) in [6.07, 6.45) is 4.22. The van der Waals surface area contributed by atoms with Gasteiger partial charge in [-0.05, 0) is 48.6 Å². The molecule has 2 fully saturated rings. The summed E-state index contributed by atoms with van der Waals surface area (Å²) in [5, 5.41) is 16.5. The summed E-state index contributed by atoms with van der Waals surface area (Å²) in [4.78, 5) is 53.9. The van der Waals surface area contributed by atoms with Crippen LogP contribution in [0, 0.1) is 23.1 Å². The first-order valence-corrected chi connectivity index (χ1v) is 18.6. The number of anilines is 1. The van der Waals surface area contributed by atoms with Crippen LogP contribution in [0.25, 0.3) is 0 Å². The topological polar surface area (TPSA) is 166 Å². The standard InChI is InChI=1S/C35H42F3N5O6S/c1-3-29(44)41-30(33(46)43-15-17-50(48,49)18-16-43)22(2)25-13-14-28(27(36)20-25)40-32(45)31(24-10-6-4-5-7-11-24)42-34(47)35(37,38)26-12-8-9-23(19-26)21-39/h8-9,12-14,19-20,22,24,30-31H,3-7,10-11,15-18H2,1-2H3,(H,40,45)(H,41,44)(H,42,47)/t22-,30+,31-/m0/s1. The lowest BCUT2D eigenvalue weighted by molar-refractivity contribution is -0.149. The zero-order valence-corrected chi connectivity index (χ0v) is 28.8. The molecule has 0 aromatic heterocycles. The Hall–Kier alpha value is -4.45. The molecule has 2 aromatic rings. The molecule has 11 nitrogen and oxygen atoms in total. The molecule has 50 heavy (non-hydrogen) atoms. The minimum atomic E-state index is -4.07. The van der Waals surface area contributed by atoms with Crippen molar-refractivity contribution in [3.8, 4) is 6.07 Å². The van der Waals surface area contributed by atoms with Gasteiger partial charge in [-0.1, -0.05) is 57.7 Å². The lowest BCUT2D eigenvalue weighted by Gasteiger charge is -2.33. The number of alkyl halides is 2. The van der Waals surface area contributed by atoms with E-state index in [1.807, 2.05) is 0 Å². The van der Waals surface area contributed by atoms with E-state index < -0.39 is 74.7 Å². The van der Waals surface area contributed by atoms with Gasteiger partial charge >= 0.3 is 5.92 Å². The first kappa shape index (κ1) is 38.4. The van der Waals surface area contributed by atoms with Crippen molar-refractivity contribution < 1.29 is 40.8 Å². The van der Waals surface area contributed by atoms with Crippen molar-refractivity contribution in [1.29, 1.82) is 5.26 Å². The van der Waals surface area contributed by atoms with Gasteiger partial charge in [0.2, 0.25) is 17.7 Å². The zero-order valence-electron chi connectivity index (χ0n) is 28.0. The lowest BCUT2D eigenvalue weighted by Crippen LogP contribution is -2.54. The molecule has 3 N–H and O–H groups in total. The first-order chi connectivity index (χ1) is 23.7. The molecule has 1 heterocycles. The van der Waals surface area contributed by atoms with Gasteiger partial charge in [-0.2, -0.15) is 14.0 Å². The number of hydrogen-bond acceptors (Lipinski definition) is 7. The van der Waals surface area contributed by atoms with Gasteiger partial charge in [0, 0.05) is 31.0 Å². The van der Waals surface area contributed by atoms with Gasteiger partial charge in [0.25, 0.3) is 5.91 Å². The van der Waals surface area contributed by atoms with Crippen molar-refractivity contribution in [2.24, 2.45) is 5.92 Å². The van der Waals surface area contributed by atoms with Crippen molar-refractivity contribution in [3.05, 3.63) is 65.0 Å². The Morgan fingerprint density at radius 1 is 1.00 bits per heavy atom. The van der Waals surface area contributed by atoms with E-state index in [1.165, 1.54) is 29.2 Å². The fourth-order valence-electron chi connectivity index (χ4n) is 6.31. The molecule has 1 saturated heterocycles. The normalized spacial score (nSPS) is 18.4. The number of nitriles is 1. The van der Waals surface area contributed by atoms with Crippen LogP contribution in [0.2, 0.25) is 0 Å². The molecular formula is C35H42F3N5O6S. The lowest BCUT2D eigenvalue weighted by atomic mass is 9.90. The summed E-state index contributed by atoms with van der Waals surface area (Å²) < 4.78 is 70.1. The van der Waals surface area contributed by atoms with Crippen LogP contribution in [0.1, 0.15) is 81.4 Å². The molecule has 4 rings (SSSR count). The molecule has 1 aliphatic heterocycles. The molecule has 0 unspecified atom stereocenters. The highest BCUT2D eigenvalue weighted by Gasteiger charge is 2.44. The Morgan fingerprint density at radius 3 is 2.26 bits per heavy atom. The second-order valence-electron chi connectivity index (χ2n) is 12.9. The Kier molecular flexibility index (Phi) is 12.7. The van der Waals surface area contributed by atoms with Crippen LogP contribution in [0.15, 0.2) is 42.5 Å². The number of carbonyl (C=O) groups is 4. The Bertz CT molecular complexity index is 1730.